The molecule has 0 unspecified atom stereocenters. The Hall–Kier alpha value is -1.13. The molecule has 0 atom stereocenters. The molecule has 0 bridgehead atoms. The zero-order valence-corrected chi connectivity index (χ0v) is 9.89. The molecular formula is C12H15N3S. The minimum atomic E-state index is 0.645. The van der Waals surface area contributed by atoms with Gasteiger partial charge in [0.05, 0.1) is 10.2 Å². The van der Waals surface area contributed by atoms with Gasteiger partial charge < -0.3 is 11.1 Å². The van der Waals surface area contributed by atoms with E-state index in [0.717, 1.165) is 18.6 Å². The number of nitrogen functional groups attached to an aromatic ring is 1. The number of hydrogen-bond acceptors (Lipinski definition) is 4. The molecule has 1 fully saturated rings. The van der Waals surface area contributed by atoms with Crippen LogP contribution in [0.3, 0.4) is 0 Å². The summed E-state index contributed by atoms with van der Waals surface area (Å²) in [5.41, 5.74) is 8.29. The van der Waals surface area contributed by atoms with Gasteiger partial charge in [-0.25, -0.2) is 4.98 Å². The summed E-state index contributed by atoms with van der Waals surface area (Å²) in [6, 6.07) is 6.43. The largest absolute Gasteiger partial charge is 0.375 e. The van der Waals surface area contributed by atoms with Gasteiger partial charge in [0.15, 0.2) is 5.13 Å². The van der Waals surface area contributed by atoms with Crippen molar-refractivity contribution in [2.75, 3.05) is 18.8 Å². The fraction of sp³-hybridized carbons (Fsp3) is 0.417. The van der Waals surface area contributed by atoms with Crippen molar-refractivity contribution in [3.63, 3.8) is 0 Å². The van der Waals surface area contributed by atoms with Crippen LogP contribution in [-0.4, -0.2) is 18.1 Å². The highest BCUT2D eigenvalue weighted by molar-refractivity contribution is 7.22. The van der Waals surface area contributed by atoms with Crippen LogP contribution >= 0.6 is 11.3 Å². The molecular weight excluding hydrogens is 218 g/mol. The molecule has 0 amide bonds. The smallest absolute Gasteiger partial charge is 0.181 e. The van der Waals surface area contributed by atoms with Gasteiger partial charge in [-0.1, -0.05) is 23.5 Å². The first kappa shape index (κ1) is 10.1. The van der Waals surface area contributed by atoms with Crippen LogP contribution in [0, 0.1) is 0 Å². The maximum atomic E-state index is 5.78. The van der Waals surface area contributed by atoms with E-state index in [9.17, 15) is 0 Å². The summed E-state index contributed by atoms with van der Waals surface area (Å²) < 4.78 is 1.22. The quantitative estimate of drug-likeness (QED) is 0.795. The molecule has 1 aliphatic rings. The van der Waals surface area contributed by atoms with Crippen LogP contribution in [0.5, 0.6) is 0 Å². The summed E-state index contributed by atoms with van der Waals surface area (Å²) in [4.78, 5) is 4.46. The first-order valence-electron chi connectivity index (χ1n) is 5.70. The summed E-state index contributed by atoms with van der Waals surface area (Å²) in [6.45, 7) is 2.22. The predicted molar refractivity (Wildman–Crippen MR) is 68.9 cm³/mol. The van der Waals surface area contributed by atoms with Gasteiger partial charge >= 0.3 is 0 Å². The van der Waals surface area contributed by atoms with Crippen molar-refractivity contribution in [2.45, 2.75) is 18.8 Å². The van der Waals surface area contributed by atoms with Crippen molar-refractivity contribution < 1.29 is 0 Å². The van der Waals surface area contributed by atoms with Crippen molar-refractivity contribution >= 4 is 26.7 Å². The van der Waals surface area contributed by atoms with Crippen LogP contribution in [-0.2, 0) is 0 Å². The van der Waals surface area contributed by atoms with E-state index in [4.69, 9.17) is 5.73 Å². The molecule has 0 aliphatic carbocycles. The molecule has 1 aliphatic heterocycles. The third-order valence-electron chi connectivity index (χ3n) is 3.25. The molecule has 3 nitrogen and oxygen atoms in total. The lowest BCUT2D eigenvalue weighted by Crippen LogP contribution is -2.26. The van der Waals surface area contributed by atoms with Crippen molar-refractivity contribution in [1.29, 1.82) is 0 Å². The van der Waals surface area contributed by atoms with E-state index < -0.39 is 0 Å². The van der Waals surface area contributed by atoms with E-state index in [0.29, 0.717) is 11.0 Å². The zero-order chi connectivity index (χ0) is 11.0. The number of thiazole rings is 1. The van der Waals surface area contributed by atoms with E-state index in [2.05, 4.69) is 28.5 Å². The molecule has 3 N–H and O–H groups in total. The number of fused-ring (bicyclic) bond motifs is 1. The van der Waals surface area contributed by atoms with Crippen LogP contribution in [0.15, 0.2) is 18.2 Å². The Bertz CT molecular complexity index is 500. The fourth-order valence-electron chi connectivity index (χ4n) is 2.45. The summed E-state index contributed by atoms with van der Waals surface area (Å²) in [5.74, 6) is 0.645. The van der Waals surface area contributed by atoms with Gasteiger partial charge in [-0.3, -0.25) is 0 Å². The number of nitrogens with one attached hydrogen (secondary N) is 1. The molecule has 4 heteroatoms. The molecule has 3 rings (SSSR count). The van der Waals surface area contributed by atoms with E-state index in [-0.39, 0.29) is 0 Å². The van der Waals surface area contributed by atoms with E-state index in [1.165, 1.54) is 23.1 Å². The predicted octanol–water partition coefficient (Wildman–Crippen LogP) is 2.35. The second-order valence-corrected chi connectivity index (χ2v) is 5.33. The highest BCUT2D eigenvalue weighted by Crippen LogP contribution is 2.33. The average Bonchev–Trinajstić information content (AvgIpc) is 2.70. The molecule has 1 aromatic heterocycles. The van der Waals surface area contributed by atoms with Gasteiger partial charge in [0.1, 0.15) is 0 Å². The van der Waals surface area contributed by atoms with Crippen molar-refractivity contribution in [1.82, 2.24) is 10.3 Å². The second kappa shape index (κ2) is 4.03. The first-order valence-corrected chi connectivity index (χ1v) is 6.52. The maximum Gasteiger partial charge on any atom is 0.181 e. The standard InChI is InChI=1S/C12H15N3S/c13-12-15-11-9(2-1-3-10(11)16-12)8-4-6-14-7-5-8/h1-3,8,14H,4-7H2,(H2,13,15). The average molecular weight is 233 g/mol. The molecule has 84 valence electrons. The van der Waals surface area contributed by atoms with Crippen LogP contribution in [0.1, 0.15) is 24.3 Å². The number of rotatable bonds is 1. The minimum absolute atomic E-state index is 0.645. The third kappa shape index (κ3) is 1.68. The number of anilines is 1. The number of benzene rings is 1. The lowest BCUT2D eigenvalue weighted by molar-refractivity contribution is 0.462. The molecule has 0 radical (unpaired) electrons. The van der Waals surface area contributed by atoms with E-state index in [1.54, 1.807) is 11.3 Å². The lowest BCUT2D eigenvalue weighted by Gasteiger charge is -2.23. The number of para-hydroxylation sites is 1. The molecule has 0 saturated carbocycles. The van der Waals surface area contributed by atoms with Crippen LogP contribution in [0.4, 0.5) is 5.13 Å². The van der Waals surface area contributed by atoms with Crippen molar-refractivity contribution in [3.8, 4) is 0 Å². The first-order chi connectivity index (χ1) is 7.84. The van der Waals surface area contributed by atoms with Gasteiger partial charge in [-0.05, 0) is 43.5 Å². The highest BCUT2D eigenvalue weighted by atomic mass is 32.1. The number of nitrogens with two attached hydrogens (primary N) is 1. The summed E-state index contributed by atoms with van der Waals surface area (Å²) in [5, 5.41) is 4.07. The van der Waals surface area contributed by atoms with Gasteiger partial charge in [0.2, 0.25) is 0 Å². The topological polar surface area (TPSA) is 50.9 Å². The van der Waals surface area contributed by atoms with E-state index in [1.807, 2.05) is 0 Å². The third-order valence-corrected chi connectivity index (χ3v) is 4.10. The zero-order valence-electron chi connectivity index (χ0n) is 9.07. The van der Waals surface area contributed by atoms with Crippen molar-refractivity contribution in [3.05, 3.63) is 23.8 Å². The fourth-order valence-corrected chi connectivity index (χ4v) is 3.22. The number of piperidine rings is 1. The molecule has 16 heavy (non-hydrogen) atoms. The minimum Gasteiger partial charge on any atom is -0.375 e. The highest BCUT2D eigenvalue weighted by Gasteiger charge is 2.18. The Morgan fingerprint density at radius 2 is 2.12 bits per heavy atom. The van der Waals surface area contributed by atoms with E-state index >= 15 is 0 Å². The Labute approximate surface area is 98.7 Å². The number of hydrogen-bond donors (Lipinski definition) is 2. The van der Waals surface area contributed by atoms with Gasteiger partial charge in [0.25, 0.3) is 0 Å². The number of nitrogens with zero attached hydrogens (tertiary/aromatic N) is 1. The summed E-state index contributed by atoms with van der Waals surface area (Å²) in [6.07, 6.45) is 2.41. The van der Waals surface area contributed by atoms with Gasteiger partial charge in [0, 0.05) is 0 Å². The maximum absolute atomic E-state index is 5.78. The molecule has 2 aromatic rings. The Balaban J connectivity index is 2.07. The molecule has 1 saturated heterocycles. The number of aromatic nitrogens is 1. The van der Waals surface area contributed by atoms with Gasteiger partial charge in [-0.15, -0.1) is 0 Å². The van der Waals surface area contributed by atoms with Crippen molar-refractivity contribution in [2.24, 2.45) is 0 Å². The van der Waals surface area contributed by atoms with Gasteiger partial charge in [-0.2, -0.15) is 0 Å². The van der Waals surface area contributed by atoms with Crippen LogP contribution < -0.4 is 11.1 Å². The SMILES string of the molecule is Nc1nc2c(C3CCNCC3)cccc2s1. The van der Waals surface area contributed by atoms with Crippen LogP contribution in [0.25, 0.3) is 10.2 Å². The molecule has 0 spiro atoms. The normalized spacial score (nSPS) is 18.0. The lowest BCUT2D eigenvalue weighted by atomic mass is 9.89. The molecule has 2 heterocycles. The Morgan fingerprint density at radius 3 is 2.94 bits per heavy atom. The summed E-state index contributed by atoms with van der Waals surface area (Å²) >= 11 is 1.58. The molecule has 1 aromatic carbocycles. The monoisotopic (exact) mass is 233 g/mol. The Kier molecular flexibility index (Phi) is 2.53. The second-order valence-electron chi connectivity index (χ2n) is 4.27. The summed E-state index contributed by atoms with van der Waals surface area (Å²) in [7, 11) is 0. The van der Waals surface area contributed by atoms with Crippen LogP contribution in [0.2, 0.25) is 0 Å². The Morgan fingerprint density at radius 1 is 1.31 bits per heavy atom.